The summed E-state index contributed by atoms with van der Waals surface area (Å²) in [4.78, 5) is 25.4. The van der Waals surface area contributed by atoms with Crippen LogP contribution >= 0.6 is 12.4 Å². The van der Waals surface area contributed by atoms with E-state index in [-0.39, 0.29) is 30.3 Å². The lowest BCUT2D eigenvalue weighted by molar-refractivity contribution is 0.0827. The van der Waals surface area contributed by atoms with E-state index in [0.29, 0.717) is 11.1 Å². The average molecular weight is 298 g/mol. The first kappa shape index (κ1) is 16.5. The minimum Gasteiger partial charge on any atom is -0.348 e. The fraction of sp³-hybridized carbons (Fsp3) is 0.429. The highest BCUT2D eigenvalue weighted by atomic mass is 35.5. The lowest BCUT2D eigenvalue weighted by Crippen LogP contribution is -2.36. The molecular weight excluding hydrogens is 278 g/mol. The van der Waals surface area contributed by atoms with Crippen molar-refractivity contribution in [3.8, 4) is 0 Å². The number of carbonyl (C=O) groups is 2. The first-order chi connectivity index (χ1) is 9.08. The zero-order chi connectivity index (χ0) is 13.8. The Kier molecular flexibility index (Phi) is 5.98. The molecule has 1 aliphatic rings. The number of benzene rings is 1. The molecule has 1 aromatic carbocycles. The van der Waals surface area contributed by atoms with Gasteiger partial charge >= 0.3 is 0 Å². The molecule has 0 aliphatic carbocycles. The van der Waals surface area contributed by atoms with Crippen molar-refractivity contribution in [1.82, 2.24) is 15.5 Å². The minimum absolute atomic E-state index is 0. The summed E-state index contributed by atoms with van der Waals surface area (Å²) in [6, 6.07) is 7.00. The van der Waals surface area contributed by atoms with Gasteiger partial charge in [0.05, 0.1) is 0 Å². The number of carbonyl (C=O) groups excluding carboxylic acids is 2. The molecule has 6 heteroatoms. The van der Waals surface area contributed by atoms with Crippen LogP contribution in [-0.4, -0.2) is 49.9 Å². The maximum absolute atomic E-state index is 12.1. The van der Waals surface area contributed by atoms with E-state index in [0.717, 1.165) is 19.5 Å². The van der Waals surface area contributed by atoms with Gasteiger partial charge in [0.25, 0.3) is 11.8 Å². The third-order valence-corrected chi connectivity index (χ3v) is 3.17. The molecule has 1 fully saturated rings. The number of halogens is 1. The van der Waals surface area contributed by atoms with Crippen molar-refractivity contribution in [2.24, 2.45) is 0 Å². The zero-order valence-electron chi connectivity index (χ0n) is 11.7. The molecule has 0 aromatic heterocycles. The maximum Gasteiger partial charge on any atom is 0.253 e. The van der Waals surface area contributed by atoms with Crippen LogP contribution in [0.25, 0.3) is 0 Å². The van der Waals surface area contributed by atoms with Crippen LogP contribution in [0.3, 0.4) is 0 Å². The second kappa shape index (κ2) is 7.26. The van der Waals surface area contributed by atoms with E-state index >= 15 is 0 Å². The summed E-state index contributed by atoms with van der Waals surface area (Å²) in [5, 5.41) is 6.16. The SMILES string of the molecule is CN(C)C(=O)c1cccc(C(=O)NC2CCNC2)c1.Cl. The lowest BCUT2D eigenvalue weighted by atomic mass is 10.1. The molecule has 2 rings (SSSR count). The van der Waals surface area contributed by atoms with Crippen molar-refractivity contribution < 1.29 is 9.59 Å². The fourth-order valence-electron chi connectivity index (χ4n) is 2.10. The molecular formula is C14H20ClN3O2. The Bertz CT molecular complexity index is 485. The van der Waals surface area contributed by atoms with Crippen LogP contribution in [0, 0.1) is 0 Å². The van der Waals surface area contributed by atoms with E-state index in [9.17, 15) is 9.59 Å². The fourth-order valence-corrected chi connectivity index (χ4v) is 2.10. The van der Waals surface area contributed by atoms with Crippen molar-refractivity contribution in [2.75, 3.05) is 27.2 Å². The average Bonchev–Trinajstić information content (AvgIpc) is 2.90. The van der Waals surface area contributed by atoms with Crippen LogP contribution in [-0.2, 0) is 0 Å². The maximum atomic E-state index is 12.1. The van der Waals surface area contributed by atoms with Crippen LogP contribution in [0.5, 0.6) is 0 Å². The molecule has 2 amide bonds. The molecule has 1 atom stereocenters. The van der Waals surface area contributed by atoms with Gasteiger partial charge in [0.2, 0.25) is 0 Å². The Morgan fingerprint density at radius 2 is 2.00 bits per heavy atom. The standard InChI is InChI=1S/C14H19N3O2.ClH/c1-17(2)14(19)11-5-3-4-10(8-11)13(18)16-12-6-7-15-9-12;/h3-5,8,12,15H,6-7,9H2,1-2H3,(H,16,18);1H. The van der Waals surface area contributed by atoms with Crippen molar-refractivity contribution >= 4 is 24.2 Å². The summed E-state index contributed by atoms with van der Waals surface area (Å²) >= 11 is 0. The van der Waals surface area contributed by atoms with E-state index in [1.807, 2.05) is 0 Å². The zero-order valence-corrected chi connectivity index (χ0v) is 12.5. The van der Waals surface area contributed by atoms with Gasteiger partial charge in [0, 0.05) is 37.8 Å². The lowest BCUT2D eigenvalue weighted by Gasteiger charge is -2.13. The second-order valence-electron chi connectivity index (χ2n) is 4.94. The highest BCUT2D eigenvalue weighted by molar-refractivity contribution is 5.99. The number of rotatable bonds is 3. The third kappa shape index (κ3) is 3.95. The Balaban J connectivity index is 0.00000200. The van der Waals surface area contributed by atoms with Gasteiger partial charge in [0.1, 0.15) is 0 Å². The van der Waals surface area contributed by atoms with Crippen LogP contribution in [0.4, 0.5) is 0 Å². The summed E-state index contributed by atoms with van der Waals surface area (Å²) in [6.45, 7) is 1.74. The second-order valence-corrected chi connectivity index (χ2v) is 4.94. The van der Waals surface area contributed by atoms with Gasteiger partial charge in [0.15, 0.2) is 0 Å². The van der Waals surface area contributed by atoms with E-state index in [1.165, 1.54) is 4.90 Å². The number of nitrogens with one attached hydrogen (secondary N) is 2. The van der Waals surface area contributed by atoms with E-state index in [4.69, 9.17) is 0 Å². The van der Waals surface area contributed by atoms with E-state index < -0.39 is 0 Å². The number of hydrogen-bond donors (Lipinski definition) is 2. The Morgan fingerprint density at radius 3 is 2.60 bits per heavy atom. The summed E-state index contributed by atoms with van der Waals surface area (Å²) in [7, 11) is 3.39. The van der Waals surface area contributed by atoms with Crippen LogP contribution in [0.2, 0.25) is 0 Å². The molecule has 2 N–H and O–H groups in total. The minimum atomic E-state index is -0.123. The molecule has 5 nitrogen and oxygen atoms in total. The summed E-state index contributed by atoms with van der Waals surface area (Å²) in [5.74, 6) is -0.223. The Hall–Kier alpha value is -1.59. The highest BCUT2D eigenvalue weighted by Gasteiger charge is 2.18. The third-order valence-electron chi connectivity index (χ3n) is 3.17. The molecule has 1 aliphatic heterocycles. The molecule has 1 aromatic rings. The van der Waals surface area contributed by atoms with Gasteiger partial charge in [-0.1, -0.05) is 6.07 Å². The monoisotopic (exact) mass is 297 g/mol. The van der Waals surface area contributed by atoms with Crippen molar-refractivity contribution in [3.63, 3.8) is 0 Å². The van der Waals surface area contributed by atoms with Gasteiger partial charge in [-0.2, -0.15) is 0 Å². The molecule has 110 valence electrons. The highest BCUT2D eigenvalue weighted by Crippen LogP contribution is 2.08. The number of nitrogens with zero attached hydrogens (tertiary/aromatic N) is 1. The number of hydrogen-bond acceptors (Lipinski definition) is 3. The van der Waals surface area contributed by atoms with E-state index in [2.05, 4.69) is 10.6 Å². The molecule has 0 spiro atoms. The predicted octanol–water partition coefficient (Wildman–Crippen LogP) is 0.902. The molecule has 0 radical (unpaired) electrons. The summed E-state index contributed by atoms with van der Waals surface area (Å²) in [6.07, 6.45) is 0.946. The van der Waals surface area contributed by atoms with Crippen LogP contribution in [0.15, 0.2) is 24.3 Å². The Morgan fingerprint density at radius 1 is 1.30 bits per heavy atom. The molecule has 0 saturated carbocycles. The van der Waals surface area contributed by atoms with E-state index in [1.54, 1.807) is 38.4 Å². The molecule has 20 heavy (non-hydrogen) atoms. The topological polar surface area (TPSA) is 61.4 Å². The molecule has 1 unspecified atom stereocenters. The largest absolute Gasteiger partial charge is 0.348 e. The van der Waals surface area contributed by atoms with Gasteiger partial charge in [-0.25, -0.2) is 0 Å². The smallest absolute Gasteiger partial charge is 0.253 e. The quantitative estimate of drug-likeness (QED) is 0.871. The van der Waals surface area contributed by atoms with Crippen molar-refractivity contribution in [2.45, 2.75) is 12.5 Å². The van der Waals surface area contributed by atoms with Crippen molar-refractivity contribution in [3.05, 3.63) is 35.4 Å². The van der Waals surface area contributed by atoms with Gasteiger partial charge < -0.3 is 15.5 Å². The van der Waals surface area contributed by atoms with Gasteiger partial charge in [-0.05, 0) is 31.2 Å². The molecule has 1 heterocycles. The molecule has 1 saturated heterocycles. The normalized spacial score (nSPS) is 17.2. The first-order valence-electron chi connectivity index (χ1n) is 6.41. The van der Waals surface area contributed by atoms with Crippen LogP contribution < -0.4 is 10.6 Å². The van der Waals surface area contributed by atoms with Gasteiger partial charge in [-0.3, -0.25) is 9.59 Å². The molecule has 0 bridgehead atoms. The predicted molar refractivity (Wildman–Crippen MR) is 80.4 cm³/mol. The Labute approximate surface area is 125 Å². The van der Waals surface area contributed by atoms with Crippen LogP contribution in [0.1, 0.15) is 27.1 Å². The van der Waals surface area contributed by atoms with Crippen molar-refractivity contribution in [1.29, 1.82) is 0 Å². The first-order valence-corrected chi connectivity index (χ1v) is 6.41. The summed E-state index contributed by atoms with van der Waals surface area (Å²) in [5.41, 5.74) is 1.06. The number of amides is 2. The summed E-state index contributed by atoms with van der Waals surface area (Å²) < 4.78 is 0. The van der Waals surface area contributed by atoms with Gasteiger partial charge in [-0.15, -0.1) is 12.4 Å².